The molecule has 15 heteroatoms. The van der Waals surface area contributed by atoms with Crippen LogP contribution in [0.25, 0.3) is 10.9 Å². The van der Waals surface area contributed by atoms with Crippen molar-refractivity contribution >= 4 is 63.1 Å². The van der Waals surface area contributed by atoms with Crippen molar-refractivity contribution in [2.24, 2.45) is 0 Å². The van der Waals surface area contributed by atoms with Gasteiger partial charge in [-0.3, -0.25) is 9.55 Å². The molecule has 1 aromatic carbocycles. The summed E-state index contributed by atoms with van der Waals surface area (Å²) in [7, 11) is -3.71. The third-order valence-corrected chi connectivity index (χ3v) is 23.1. The molecule has 50 heavy (non-hydrogen) atoms. The molecule has 1 fully saturated rings. The minimum Gasteiger partial charge on any atom is -0.471 e. The third kappa shape index (κ3) is 6.70. The number of rotatable bonds is 8. The highest BCUT2D eigenvalue weighted by Crippen LogP contribution is 2.55. The maximum Gasteiger partial charge on any atom is 0.416 e. The van der Waals surface area contributed by atoms with Crippen molar-refractivity contribution in [2.45, 2.75) is 112 Å². The molecular formula is C35H46ClF3N6O2S2Si. The fraction of sp³-hybridized carbons (Fsp3) is 0.543. The number of nitrogens with zero attached hydrogens (tertiary/aromatic N) is 5. The van der Waals surface area contributed by atoms with Crippen molar-refractivity contribution in [3.05, 3.63) is 57.9 Å². The van der Waals surface area contributed by atoms with E-state index >= 15 is 0 Å². The molecule has 2 aliphatic rings. The lowest BCUT2D eigenvalue weighted by atomic mass is 10.1. The van der Waals surface area contributed by atoms with Crippen LogP contribution in [0.15, 0.2) is 50.7 Å². The fourth-order valence-corrected chi connectivity index (χ4v) is 23.0. The number of thiophene rings is 1. The van der Waals surface area contributed by atoms with Crippen molar-refractivity contribution < 1.29 is 17.9 Å². The molecule has 272 valence electrons. The maximum atomic E-state index is 14.9. The zero-order chi connectivity index (χ0) is 36.3. The molecule has 0 radical (unpaired) electrons. The topological polar surface area (TPSA) is 85.2 Å². The van der Waals surface area contributed by atoms with Crippen LogP contribution in [0, 0.1) is 0 Å². The van der Waals surface area contributed by atoms with Gasteiger partial charge in [-0.05, 0) is 48.7 Å². The van der Waals surface area contributed by atoms with Gasteiger partial charge in [0.05, 0.1) is 28.8 Å². The van der Waals surface area contributed by atoms with E-state index in [0.717, 1.165) is 4.21 Å². The van der Waals surface area contributed by atoms with Crippen LogP contribution in [0.1, 0.15) is 61.0 Å². The highest BCUT2D eigenvalue weighted by Gasteiger charge is 2.47. The molecule has 0 amide bonds. The van der Waals surface area contributed by atoms with E-state index in [0.29, 0.717) is 56.3 Å². The minimum absolute atomic E-state index is 0.0554. The number of alkyl halides is 3. The number of ether oxygens (including phenoxy) is 1. The van der Waals surface area contributed by atoms with Crippen molar-refractivity contribution in [2.75, 3.05) is 23.7 Å². The van der Waals surface area contributed by atoms with E-state index in [1.807, 2.05) is 24.8 Å². The van der Waals surface area contributed by atoms with Crippen LogP contribution in [0.2, 0.25) is 21.6 Å². The molecule has 5 heterocycles. The zero-order valence-electron chi connectivity index (χ0n) is 29.7. The summed E-state index contributed by atoms with van der Waals surface area (Å²) in [6, 6.07) is 4.53. The quantitative estimate of drug-likeness (QED) is 0.140. The molecule has 4 atom stereocenters. The number of aromatic nitrogens is 4. The molecule has 0 saturated carbocycles. The van der Waals surface area contributed by atoms with E-state index in [1.165, 1.54) is 33.6 Å². The average molecular weight is 767 g/mol. The van der Waals surface area contributed by atoms with Crippen LogP contribution < -0.4 is 25.1 Å². The Labute approximate surface area is 304 Å². The van der Waals surface area contributed by atoms with Gasteiger partial charge < -0.3 is 15.0 Å². The number of piperazine rings is 1. The normalized spacial score (nSPS) is 22.5. The van der Waals surface area contributed by atoms with Crippen LogP contribution in [-0.4, -0.2) is 64.6 Å². The fourth-order valence-electron chi connectivity index (χ4n) is 8.59. The average Bonchev–Trinajstić information content (AvgIpc) is 3.31. The molecule has 0 bridgehead atoms. The number of anilines is 1. The van der Waals surface area contributed by atoms with Crippen LogP contribution in [0.4, 0.5) is 19.0 Å². The van der Waals surface area contributed by atoms with Crippen molar-refractivity contribution in [1.82, 2.24) is 24.8 Å². The Kier molecular flexibility index (Phi) is 10.4. The molecule has 2 aliphatic heterocycles. The summed E-state index contributed by atoms with van der Waals surface area (Å²) in [5.41, 5.74) is 0.361. The third-order valence-electron chi connectivity index (χ3n) is 10.3. The Morgan fingerprint density at radius 2 is 1.68 bits per heavy atom. The number of benzene rings is 1. The molecule has 0 spiro atoms. The largest absolute Gasteiger partial charge is 0.471 e. The highest BCUT2D eigenvalue weighted by molar-refractivity contribution is 8.18. The Morgan fingerprint density at radius 1 is 1.02 bits per heavy atom. The summed E-state index contributed by atoms with van der Waals surface area (Å²) in [5, 5.41) is 4.47. The van der Waals surface area contributed by atoms with Crippen molar-refractivity contribution in [3.63, 3.8) is 0 Å². The van der Waals surface area contributed by atoms with Gasteiger partial charge in [-0.25, -0.2) is 9.78 Å². The SMILES string of the molecule is CC(C)[Si](c1sc([SH]2C[C@@H](Oc3cnccn3)Cn3c(=O)nc(N4C[C@@H](C)N[C@@H](C)C4)c4cc(C(F)(F)F)cc2c43)cc1Cl)(C(C)C)C(C)C. The number of nitrogens with one attached hydrogen (secondary N) is 1. The molecule has 0 aliphatic carbocycles. The van der Waals surface area contributed by atoms with E-state index in [4.69, 9.17) is 16.3 Å². The van der Waals surface area contributed by atoms with Gasteiger partial charge >= 0.3 is 11.9 Å². The van der Waals surface area contributed by atoms with E-state index in [9.17, 15) is 18.0 Å². The predicted octanol–water partition coefficient (Wildman–Crippen LogP) is 7.87. The molecule has 1 saturated heterocycles. The second-order valence-electron chi connectivity index (χ2n) is 14.6. The lowest BCUT2D eigenvalue weighted by Gasteiger charge is -2.42. The molecule has 8 nitrogen and oxygen atoms in total. The summed E-state index contributed by atoms with van der Waals surface area (Å²) >= 11 is 8.88. The summed E-state index contributed by atoms with van der Waals surface area (Å²) in [5.74, 6) is 0.923. The molecule has 6 rings (SSSR count). The van der Waals surface area contributed by atoms with Crippen molar-refractivity contribution in [3.8, 4) is 5.88 Å². The van der Waals surface area contributed by atoms with Gasteiger partial charge in [0, 0.05) is 62.3 Å². The number of thiol groups is 1. The maximum absolute atomic E-state index is 14.9. The van der Waals surface area contributed by atoms with E-state index < -0.39 is 42.5 Å². The smallest absolute Gasteiger partial charge is 0.416 e. The molecule has 3 aromatic heterocycles. The van der Waals surface area contributed by atoms with E-state index in [-0.39, 0.29) is 30.3 Å². The zero-order valence-corrected chi connectivity index (χ0v) is 33.1. The second-order valence-corrected chi connectivity index (χ2v) is 24.8. The summed E-state index contributed by atoms with van der Waals surface area (Å²) in [6.07, 6.45) is -0.654. The monoisotopic (exact) mass is 766 g/mol. The Hall–Kier alpha value is -2.65. The number of halogens is 4. The Morgan fingerprint density at radius 3 is 2.26 bits per heavy atom. The predicted molar refractivity (Wildman–Crippen MR) is 202 cm³/mol. The standard InChI is InChI=1S/C35H46ClF3N6O2S2Si/c1-19(2)50(20(3)4,21(5)6)33-27(36)13-30(48-33)49-18-25(47-29-14-40-9-10-41-29)17-45-31-26(11-24(12-28(31)49)35(37,38)39)32(43-34(45)46)44-15-22(7)42-23(8)16-44/h9-14,19-23,25,42,49H,15-18H2,1-8H3/t22-,23+,25-/m0/s1. The minimum atomic E-state index is -4.62. The molecule has 4 aromatic rings. The highest BCUT2D eigenvalue weighted by atomic mass is 35.5. The van der Waals surface area contributed by atoms with Crippen molar-refractivity contribution in [1.29, 1.82) is 0 Å². The molecular weight excluding hydrogens is 721 g/mol. The Balaban J connectivity index is 1.64. The molecule has 1 N–H and O–H groups in total. The van der Waals surface area contributed by atoms with Gasteiger partial charge in [0.2, 0.25) is 5.88 Å². The van der Waals surface area contributed by atoms with Gasteiger partial charge in [-0.2, -0.15) is 29.1 Å². The summed E-state index contributed by atoms with van der Waals surface area (Å²) < 4.78 is 54.6. The van der Waals surface area contributed by atoms with Crippen LogP contribution in [0.5, 0.6) is 5.88 Å². The first-order chi connectivity index (χ1) is 23.5. The number of hydrogen-bond acceptors (Lipinski definition) is 8. The Bertz CT molecular complexity index is 1890. The van der Waals surface area contributed by atoms with Gasteiger partial charge in [-0.1, -0.05) is 53.1 Å². The van der Waals surface area contributed by atoms with E-state index in [1.54, 1.807) is 17.5 Å². The second kappa shape index (κ2) is 14.1. The van der Waals surface area contributed by atoms with Crippen LogP contribution in [-0.2, 0) is 12.7 Å². The lowest BCUT2D eigenvalue weighted by Crippen LogP contribution is -2.55. The first-order valence-corrected chi connectivity index (χ1v) is 22.1. The van der Waals surface area contributed by atoms with Crippen LogP contribution >= 0.6 is 33.8 Å². The van der Waals surface area contributed by atoms with Gasteiger partial charge in [0.15, 0.2) is 0 Å². The lowest BCUT2D eigenvalue weighted by molar-refractivity contribution is -0.137. The van der Waals surface area contributed by atoms with E-state index in [2.05, 4.69) is 61.8 Å². The number of hydrogen-bond donors (Lipinski definition) is 2. The van der Waals surface area contributed by atoms with Gasteiger partial charge in [0.25, 0.3) is 0 Å². The van der Waals surface area contributed by atoms with Crippen LogP contribution in [0.3, 0.4) is 0 Å². The summed E-state index contributed by atoms with van der Waals surface area (Å²) in [4.78, 5) is 29.5. The summed E-state index contributed by atoms with van der Waals surface area (Å²) in [6.45, 7) is 18.8. The first-order valence-electron chi connectivity index (χ1n) is 17.2. The van der Waals surface area contributed by atoms with Gasteiger partial charge in [0.1, 0.15) is 20.0 Å². The first kappa shape index (κ1) is 37.1. The van der Waals surface area contributed by atoms with Gasteiger partial charge in [-0.15, -0.1) is 11.3 Å². The molecule has 1 unspecified atom stereocenters.